The van der Waals surface area contributed by atoms with Crippen molar-refractivity contribution in [3.8, 4) is 5.75 Å². The number of rotatable bonds is 6. The van der Waals surface area contributed by atoms with Crippen molar-refractivity contribution < 1.29 is 31.9 Å². The van der Waals surface area contributed by atoms with E-state index in [0.717, 1.165) is 12.1 Å². The van der Waals surface area contributed by atoms with Crippen molar-refractivity contribution in [2.75, 3.05) is 18.5 Å². The zero-order valence-corrected chi connectivity index (χ0v) is 16.6. The van der Waals surface area contributed by atoms with Crippen molar-refractivity contribution in [3.63, 3.8) is 0 Å². The molecule has 3 rings (SSSR count). The summed E-state index contributed by atoms with van der Waals surface area (Å²) in [6.07, 6.45) is -3.15. The number of hydrogen-bond acceptors (Lipinski definition) is 5. The van der Waals surface area contributed by atoms with Gasteiger partial charge < -0.3 is 20.7 Å². The molecule has 13 heteroatoms. The largest absolute Gasteiger partial charge is 0.504 e. The van der Waals surface area contributed by atoms with Crippen LogP contribution in [0, 0.1) is 5.82 Å². The van der Waals surface area contributed by atoms with Crippen LogP contribution in [0.2, 0.25) is 5.02 Å². The average molecular weight is 464 g/mol. The number of amides is 2. The third-order valence-corrected chi connectivity index (χ3v) is 4.76. The highest BCUT2D eigenvalue weighted by molar-refractivity contribution is 6.30. The number of alkyl halides is 3. The molecular formula is C18H18ClF4N5O3. The SMILES string of the molecule is O=C(COc1ccc(Cl)c(F)c1)N[C@H]1CC[C@H](C(=O)Nc2ccn(C(F)(F)F)n2)NC1. The fraction of sp³-hybridized carbons (Fsp3) is 0.389. The van der Waals surface area contributed by atoms with Crippen molar-refractivity contribution >= 4 is 29.2 Å². The van der Waals surface area contributed by atoms with Crippen molar-refractivity contribution in [2.45, 2.75) is 31.2 Å². The summed E-state index contributed by atoms with van der Waals surface area (Å²) in [4.78, 5) is 24.2. The second-order valence-corrected chi connectivity index (χ2v) is 7.18. The maximum atomic E-state index is 13.4. The summed E-state index contributed by atoms with van der Waals surface area (Å²) < 4.78 is 56.0. The Bertz CT molecular complexity index is 945. The first-order valence-electron chi connectivity index (χ1n) is 9.16. The van der Waals surface area contributed by atoms with Crippen LogP contribution in [-0.2, 0) is 15.9 Å². The average Bonchev–Trinajstić information content (AvgIpc) is 3.18. The van der Waals surface area contributed by atoms with E-state index in [4.69, 9.17) is 16.3 Å². The molecule has 31 heavy (non-hydrogen) atoms. The van der Waals surface area contributed by atoms with Crippen LogP contribution in [0.25, 0.3) is 0 Å². The van der Waals surface area contributed by atoms with E-state index in [0.29, 0.717) is 19.0 Å². The number of hydrogen-bond donors (Lipinski definition) is 3. The molecule has 0 unspecified atom stereocenters. The number of nitrogens with zero attached hydrogens (tertiary/aromatic N) is 2. The smallest absolute Gasteiger partial charge is 0.484 e. The molecule has 168 valence electrons. The fourth-order valence-corrected chi connectivity index (χ4v) is 3.05. The van der Waals surface area contributed by atoms with Gasteiger partial charge in [0.2, 0.25) is 5.91 Å². The lowest BCUT2D eigenvalue weighted by molar-refractivity contribution is -0.212. The van der Waals surface area contributed by atoms with Gasteiger partial charge in [0.05, 0.1) is 11.1 Å². The summed E-state index contributed by atoms with van der Waals surface area (Å²) >= 11 is 5.58. The number of carbonyl (C=O) groups excluding carboxylic acids is 2. The number of nitrogens with one attached hydrogen (secondary N) is 3. The summed E-state index contributed by atoms with van der Waals surface area (Å²) in [5, 5.41) is 11.2. The molecule has 1 aromatic carbocycles. The molecule has 3 N–H and O–H groups in total. The monoisotopic (exact) mass is 463 g/mol. The number of aromatic nitrogens is 2. The summed E-state index contributed by atoms with van der Waals surface area (Å²) in [5.41, 5.74) is 0. The van der Waals surface area contributed by atoms with E-state index in [1.807, 2.05) is 0 Å². The van der Waals surface area contributed by atoms with Gasteiger partial charge in [0, 0.05) is 30.9 Å². The van der Waals surface area contributed by atoms with Gasteiger partial charge in [-0.2, -0.15) is 4.68 Å². The minimum absolute atomic E-state index is 0.0580. The van der Waals surface area contributed by atoms with E-state index in [2.05, 4.69) is 21.0 Å². The van der Waals surface area contributed by atoms with Crippen LogP contribution >= 0.6 is 11.6 Å². The van der Waals surface area contributed by atoms with Crippen molar-refractivity contribution in [3.05, 3.63) is 41.3 Å². The molecule has 0 saturated carbocycles. The Kier molecular flexibility index (Phi) is 7.01. The normalized spacial score (nSPS) is 19.0. The maximum Gasteiger partial charge on any atom is 0.504 e. The molecule has 0 aliphatic carbocycles. The van der Waals surface area contributed by atoms with Crippen LogP contribution < -0.4 is 20.7 Å². The number of ether oxygens (including phenoxy) is 1. The Labute approximate surface area is 178 Å². The van der Waals surface area contributed by atoms with Gasteiger partial charge in [0.1, 0.15) is 11.6 Å². The second kappa shape index (κ2) is 9.52. The highest BCUT2D eigenvalue weighted by Crippen LogP contribution is 2.22. The van der Waals surface area contributed by atoms with E-state index >= 15 is 0 Å². The molecule has 0 radical (unpaired) electrons. The summed E-state index contributed by atoms with van der Waals surface area (Å²) in [6.45, 7) is -0.0558. The summed E-state index contributed by atoms with van der Waals surface area (Å²) in [5.74, 6) is -1.67. The molecule has 1 fully saturated rings. The highest BCUT2D eigenvalue weighted by atomic mass is 35.5. The molecule has 0 spiro atoms. The van der Waals surface area contributed by atoms with Gasteiger partial charge in [0.25, 0.3) is 5.91 Å². The molecule has 1 aromatic heterocycles. The third-order valence-electron chi connectivity index (χ3n) is 4.46. The number of halogens is 5. The molecule has 2 aromatic rings. The van der Waals surface area contributed by atoms with Gasteiger partial charge in [-0.15, -0.1) is 18.3 Å². The molecule has 0 bridgehead atoms. The molecular weight excluding hydrogens is 446 g/mol. The van der Waals surface area contributed by atoms with Gasteiger partial charge >= 0.3 is 6.30 Å². The Hall–Kier alpha value is -2.86. The molecule has 1 saturated heterocycles. The van der Waals surface area contributed by atoms with Gasteiger partial charge in [0.15, 0.2) is 12.4 Å². The summed E-state index contributed by atoms with van der Waals surface area (Å²) in [7, 11) is 0. The zero-order valence-electron chi connectivity index (χ0n) is 15.9. The maximum absolute atomic E-state index is 13.4. The first-order valence-corrected chi connectivity index (χ1v) is 9.54. The number of carbonyl (C=O) groups is 2. The lowest BCUT2D eigenvalue weighted by Crippen LogP contribution is -2.53. The Balaban J connectivity index is 1.40. The second-order valence-electron chi connectivity index (χ2n) is 6.77. The third kappa shape index (κ3) is 6.31. The van der Waals surface area contributed by atoms with Crippen molar-refractivity contribution in [1.29, 1.82) is 0 Å². The van der Waals surface area contributed by atoms with E-state index in [1.165, 1.54) is 12.1 Å². The van der Waals surface area contributed by atoms with Gasteiger partial charge in [-0.3, -0.25) is 9.59 Å². The van der Waals surface area contributed by atoms with E-state index < -0.39 is 30.0 Å². The minimum Gasteiger partial charge on any atom is -0.484 e. The van der Waals surface area contributed by atoms with E-state index in [-0.39, 0.29) is 40.5 Å². The summed E-state index contributed by atoms with van der Waals surface area (Å²) in [6, 6.07) is 3.95. The van der Waals surface area contributed by atoms with Crippen LogP contribution in [0.15, 0.2) is 30.5 Å². The number of piperidine rings is 1. The van der Waals surface area contributed by atoms with Crippen molar-refractivity contribution in [2.24, 2.45) is 0 Å². The van der Waals surface area contributed by atoms with Crippen LogP contribution in [0.1, 0.15) is 12.8 Å². The first-order chi connectivity index (χ1) is 14.6. The van der Waals surface area contributed by atoms with Crippen LogP contribution in [-0.4, -0.2) is 46.8 Å². The topological polar surface area (TPSA) is 97.3 Å². The fourth-order valence-electron chi connectivity index (χ4n) is 2.93. The Morgan fingerprint density at radius 1 is 1.29 bits per heavy atom. The Morgan fingerprint density at radius 2 is 2.06 bits per heavy atom. The number of anilines is 1. The quantitative estimate of drug-likeness (QED) is 0.572. The predicted octanol–water partition coefficient (Wildman–Crippen LogP) is 2.41. The molecule has 1 aliphatic heterocycles. The van der Waals surface area contributed by atoms with Gasteiger partial charge in [-0.25, -0.2) is 4.39 Å². The number of benzene rings is 1. The Morgan fingerprint density at radius 3 is 2.68 bits per heavy atom. The van der Waals surface area contributed by atoms with E-state index in [1.54, 1.807) is 0 Å². The first kappa shape index (κ1) is 22.8. The molecule has 2 atom stereocenters. The minimum atomic E-state index is -4.66. The van der Waals surface area contributed by atoms with Gasteiger partial charge in [-0.05, 0) is 25.0 Å². The molecule has 1 aliphatic rings. The van der Waals surface area contributed by atoms with Crippen LogP contribution in [0.3, 0.4) is 0 Å². The molecule has 2 heterocycles. The van der Waals surface area contributed by atoms with E-state index in [9.17, 15) is 27.2 Å². The lowest BCUT2D eigenvalue weighted by atomic mass is 10.00. The molecule has 8 nitrogen and oxygen atoms in total. The van der Waals surface area contributed by atoms with Crippen molar-refractivity contribution in [1.82, 2.24) is 20.4 Å². The standard InChI is InChI=1S/C18H18ClF4N5O3/c19-12-3-2-11(7-13(12)20)31-9-16(29)25-10-1-4-14(24-8-10)17(30)26-15-5-6-28(27-15)18(21,22)23/h2-3,5-7,10,14,24H,1,4,8-9H2,(H,25,29)(H,26,27,30)/t10-,14+/m0/s1. The van der Waals surface area contributed by atoms with Gasteiger partial charge in [-0.1, -0.05) is 11.6 Å². The zero-order chi connectivity index (χ0) is 22.6. The molecule has 2 amide bonds. The predicted molar refractivity (Wildman–Crippen MR) is 102 cm³/mol. The van der Waals surface area contributed by atoms with Crippen LogP contribution in [0.4, 0.5) is 23.4 Å². The lowest BCUT2D eigenvalue weighted by Gasteiger charge is -2.29. The van der Waals surface area contributed by atoms with Crippen LogP contribution in [0.5, 0.6) is 5.75 Å². The highest BCUT2D eigenvalue weighted by Gasteiger charge is 2.32.